The summed E-state index contributed by atoms with van der Waals surface area (Å²) in [4.78, 5) is 39.0. The molecule has 3 aromatic carbocycles. The molecule has 0 saturated carbocycles. The molecule has 9 heteroatoms. The molecule has 1 N–H and O–H groups in total. The van der Waals surface area contributed by atoms with Crippen molar-refractivity contribution in [1.29, 1.82) is 0 Å². The Bertz CT molecular complexity index is 1350. The fourth-order valence-electron chi connectivity index (χ4n) is 3.48. The summed E-state index contributed by atoms with van der Waals surface area (Å²) in [5.74, 6) is -0.602. The summed E-state index contributed by atoms with van der Waals surface area (Å²) >= 11 is 7.00. The Labute approximate surface area is 219 Å². The van der Waals surface area contributed by atoms with Gasteiger partial charge in [-0.2, -0.15) is 0 Å². The van der Waals surface area contributed by atoms with Gasteiger partial charge in [0, 0.05) is 10.0 Å². The highest BCUT2D eigenvalue weighted by Crippen LogP contribution is 2.38. The molecule has 0 radical (unpaired) electrons. The Morgan fingerprint density at radius 3 is 2.37 bits per heavy atom. The molecule has 1 aliphatic rings. The standard InChI is InChI=1S/C26H20Br2N2O5/c1-15-7-9-18(10-8-15)30-25(32)19(24(31)29-26(30)33)11-16-12-21(28)23(22(13-16)34-2)35-14-17-5-3-4-6-20(17)27/h3-13H,14H2,1-2H3,(H,29,31,33)/b19-11+. The van der Waals surface area contributed by atoms with Gasteiger partial charge in [0.2, 0.25) is 0 Å². The van der Waals surface area contributed by atoms with Gasteiger partial charge >= 0.3 is 6.03 Å². The van der Waals surface area contributed by atoms with Crippen LogP contribution in [0.1, 0.15) is 16.7 Å². The van der Waals surface area contributed by atoms with Gasteiger partial charge in [-0.3, -0.25) is 14.9 Å². The molecule has 0 aromatic heterocycles. The van der Waals surface area contributed by atoms with Crippen LogP contribution < -0.4 is 19.7 Å². The molecule has 1 saturated heterocycles. The Kier molecular flexibility index (Phi) is 7.37. The van der Waals surface area contributed by atoms with E-state index in [-0.39, 0.29) is 5.57 Å². The molecule has 35 heavy (non-hydrogen) atoms. The highest BCUT2D eigenvalue weighted by molar-refractivity contribution is 9.10. The number of imide groups is 2. The average molecular weight is 600 g/mol. The number of nitrogens with zero attached hydrogens (tertiary/aromatic N) is 1. The second-order valence-electron chi connectivity index (χ2n) is 7.71. The van der Waals surface area contributed by atoms with Crippen molar-refractivity contribution in [3.8, 4) is 11.5 Å². The lowest BCUT2D eigenvalue weighted by atomic mass is 10.1. The number of amides is 4. The van der Waals surface area contributed by atoms with E-state index in [2.05, 4.69) is 37.2 Å². The first-order valence-electron chi connectivity index (χ1n) is 10.5. The molecule has 4 rings (SSSR count). The third kappa shape index (κ3) is 5.31. The quantitative estimate of drug-likeness (QED) is 0.287. The van der Waals surface area contributed by atoms with E-state index < -0.39 is 17.8 Å². The summed E-state index contributed by atoms with van der Waals surface area (Å²) in [6.45, 7) is 2.19. The van der Waals surface area contributed by atoms with Crippen LogP contribution in [0.3, 0.4) is 0 Å². The lowest BCUT2D eigenvalue weighted by Gasteiger charge is -2.26. The molecule has 4 amide bonds. The predicted octanol–water partition coefficient (Wildman–Crippen LogP) is 5.77. The molecule has 0 unspecified atom stereocenters. The van der Waals surface area contributed by atoms with E-state index in [0.717, 1.165) is 20.5 Å². The lowest BCUT2D eigenvalue weighted by molar-refractivity contribution is -0.122. The number of halogens is 2. The molecular weight excluding hydrogens is 580 g/mol. The maximum atomic E-state index is 13.1. The first-order chi connectivity index (χ1) is 16.8. The first-order valence-corrected chi connectivity index (χ1v) is 12.1. The van der Waals surface area contributed by atoms with Crippen molar-refractivity contribution in [2.75, 3.05) is 12.0 Å². The molecule has 0 bridgehead atoms. The fourth-order valence-corrected chi connectivity index (χ4v) is 4.45. The summed E-state index contributed by atoms with van der Waals surface area (Å²) in [5, 5.41) is 2.23. The topological polar surface area (TPSA) is 84.9 Å². The largest absolute Gasteiger partial charge is 0.493 e. The molecular formula is C26H20Br2N2O5. The van der Waals surface area contributed by atoms with Gasteiger partial charge in [-0.1, -0.05) is 51.8 Å². The zero-order valence-electron chi connectivity index (χ0n) is 18.8. The molecule has 178 valence electrons. The summed E-state index contributed by atoms with van der Waals surface area (Å²) in [6, 6.07) is 17.1. The van der Waals surface area contributed by atoms with Crippen LogP contribution in [0.2, 0.25) is 0 Å². The first kappa shape index (κ1) is 24.7. The van der Waals surface area contributed by atoms with E-state index in [1.165, 1.54) is 13.2 Å². The van der Waals surface area contributed by atoms with Gasteiger partial charge in [0.1, 0.15) is 12.2 Å². The smallest absolute Gasteiger partial charge is 0.335 e. The van der Waals surface area contributed by atoms with Gasteiger partial charge < -0.3 is 9.47 Å². The van der Waals surface area contributed by atoms with Crippen LogP contribution in [0.4, 0.5) is 10.5 Å². The highest BCUT2D eigenvalue weighted by Gasteiger charge is 2.36. The maximum Gasteiger partial charge on any atom is 0.335 e. The second kappa shape index (κ2) is 10.5. The molecule has 0 spiro atoms. The minimum Gasteiger partial charge on any atom is -0.493 e. The number of hydrogen-bond donors (Lipinski definition) is 1. The minimum absolute atomic E-state index is 0.180. The van der Waals surface area contributed by atoms with Crippen LogP contribution >= 0.6 is 31.9 Å². The third-order valence-corrected chi connectivity index (χ3v) is 6.65. The Morgan fingerprint density at radius 2 is 1.69 bits per heavy atom. The van der Waals surface area contributed by atoms with Crippen LogP contribution in [0, 0.1) is 6.92 Å². The average Bonchev–Trinajstić information content (AvgIpc) is 2.83. The fraction of sp³-hybridized carbons (Fsp3) is 0.115. The number of carbonyl (C=O) groups is 3. The van der Waals surface area contributed by atoms with Gasteiger partial charge in [-0.05, 0) is 64.8 Å². The van der Waals surface area contributed by atoms with Gasteiger partial charge in [0.05, 0.1) is 17.3 Å². The molecule has 1 fully saturated rings. The zero-order chi connectivity index (χ0) is 25.1. The maximum absolute atomic E-state index is 13.1. The van der Waals surface area contributed by atoms with Crippen molar-refractivity contribution in [2.24, 2.45) is 0 Å². The van der Waals surface area contributed by atoms with Crippen molar-refractivity contribution in [3.63, 3.8) is 0 Å². The summed E-state index contributed by atoms with van der Waals surface area (Å²) in [7, 11) is 1.50. The molecule has 0 atom stereocenters. The number of carbonyl (C=O) groups excluding carboxylic acids is 3. The number of aryl methyl sites for hydroxylation is 1. The minimum atomic E-state index is -0.796. The molecule has 3 aromatic rings. The number of urea groups is 1. The number of rotatable bonds is 6. The van der Waals surface area contributed by atoms with Crippen LogP contribution in [0.15, 0.2) is 75.2 Å². The number of ether oxygens (including phenoxy) is 2. The van der Waals surface area contributed by atoms with Gasteiger partial charge in [-0.25, -0.2) is 9.69 Å². The van der Waals surface area contributed by atoms with Crippen molar-refractivity contribution >= 4 is 61.5 Å². The number of nitrogens with one attached hydrogen (secondary N) is 1. The molecule has 0 aliphatic carbocycles. The summed E-state index contributed by atoms with van der Waals surface area (Å²) in [5.41, 5.74) is 2.63. The summed E-state index contributed by atoms with van der Waals surface area (Å²) in [6.07, 6.45) is 1.41. The van der Waals surface area contributed by atoms with Crippen molar-refractivity contribution < 1.29 is 23.9 Å². The third-order valence-electron chi connectivity index (χ3n) is 5.29. The van der Waals surface area contributed by atoms with Gasteiger partial charge in [-0.15, -0.1) is 0 Å². The number of methoxy groups -OCH3 is 1. The Balaban J connectivity index is 1.64. The van der Waals surface area contributed by atoms with Crippen molar-refractivity contribution in [2.45, 2.75) is 13.5 Å². The SMILES string of the molecule is COc1cc(/C=C2\C(=O)NC(=O)N(c3ccc(C)cc3)C2=O)cc(Br)c1OCc1ccccc1Br. The summed E-state index contributed by atoms with van der Waals surface area (Å²) < 4.78 is 13.0. The highest BCUT2D eigenvalue weighted by atomic mass is 79.9. The van der Waals surface area contributed by atoms with E-state index in [4.69, 9.17) is 9.47 Å². The zero-order valence-corrected chi connectivity index (χ0v) is 22.0. The van der Waals surface area contributed by atoms with Crippen LogP contribution in [0.25, 0.3) is 6.08 Å². The monoisotopic (exact) mass is 598 g/mol. The van der Waals surface area contributed by atoms with E-state index in [1.54, 1.807) is 36.4 Å². The Morgan fingerprint density at radius 1 is 0.971 bits per heavy atom. The predicted molar refractivity (Wildman–Crippen MR) is 139 cm³/mol. The van der Waals surface area contributed by atoms with E-state index in [1.807, 2.05) is 31.2 Å². The van der Waals surface area contributed by atoms with Gasteiger partial charge in [0.25, 0.3) is 11.8 Å². The van der Waals surface area contributed by atoms with Crippen LogP contribution in [-0.4, -0.2) is 25.0 Å². The number of benzene rings is 3. The Hall–Kier alpha value is -3.43. The van der Waals surface area contributed by atoms with Crippen LogP contribution in [-0.2, 0) is 16.2 Å². The molecule has 1 aliphatic heterocycles. The lowest BCUT2D eigenvalue weighted by Crippen LogP contribution is -2.54. The number of hydrogen-bond acceptors (Lipinski definition) is 5. The van der Waals surface area contributed by atoms with Crippen LogP contribution in [0.5, 0.6) is 11.5 Å². The molecule has 7 nitrogen and oxygen atoms in total. The van der Waals surface area contributed by atoms with E-state index >= 15 is 0 Å². The normalized spacial score (nSPS) is 14.8. The van der Waals surface area contributed by atoms with Crippen molar-refractivity contribution in [1.82, 2.24) is 5.32 Å². The van der Waals surface area contributed by atoms with Crippen molar-refractivity contribution in [3.05, 3.63) is 91.9 Å². The van der Waals surface area contributed by atoms with E-state index in [9.17, 15) is 14.4 Å². The molecule has 1 heterocycles. The number of anilines is 1. The number of barbiturate groups is 1. The van der Waals surface area contributed by atoms with Gasteiger partial charge in [0.15, 0.2) is 11.5 Å². The van der Waals surface area contributed by atoms with E-state index in [0.29, 0.717) is 33.8 Å². The second-order valence-corrected chi connectivity index (χ2v) is 9.42.